The number of aromatic nitrogens is 4. The number of halogens is 1. The summed E-state index contributed by atoms with van der Waals surface area (Å²) in [4.78, 5) is 0. The largest absolute Gasteiger partial charge is 0.235 e. The maximum absolute atomic E-state index is 13.2. The Kier molecular flexibility index (Phi) is 2.89. The van der Waals surface area contributed by atoms with E-state index in [1.165, 1.54) is 12.1 Å². The molecule has 0 radical (unpaired) electrons. The minimum Gasteiger partial charge on any atom is -0.235 e. The second-order valence-electron chi connectivity index (χ2n) is 5.77. The summed E-state index contributed by atoms with van der Waals surface area (Å²) >= 11 is 0. The summed E-state index contributed by atoms with van der Waals surface area (Å²) in [6.45, 7) is 0. The normalized spacial score (nSPS) is 19.1. The van der Waals surface area contributed by atoms with Crippen molar-refractivity contribution in [3.63, 3.8) is 0 Å². The molecule has 2 heterocycles. The van der Waals surface area contributed by atoms with Crippen LogP contribution in [-0.2, 0) is 7.05 Å². The van der Waals surface area contributed by atoms with E-state index in [4.69, 9.17) is 0 Å². The number of aryl methyl sites for hydroxylation is 1. The van der Waals surface area contributed by atoms with Crippen molar-refractivity contribution < 1.29 is 4.39 Å². The molecule has 114 valence electrons. The van der Waals surface area contributed by atoms with Gasteiger partial charge in [0.15, 0.2) is 5.82 Å². The summed E-state index contributed by atoms with van der Waals surface area (Å²) in [7, 11) is 3.90. The zero-order chi connectivity index (χ0) is 16.0. The van der Waals surface area contributed by atoms with Crippen molar-refractivity contribution in [1.82, 2.24) is 24.7 Å². The molecule has 0 fully saturated rings. The third kappa shape index (κ3) is 2.07. The summed E-state index contributed by atoms with van der Waals surface area (Å²) in [6.07, 6.45) is 4.17. The highest BCUT2D eigenvalue weighted by Gasteiger charge is 2.33. The predicted molar refractivity (Wildman–Crippen MR) is 87.0 cm³/mol. The van der Waals surface area contributed by atoms with E-state index in [9.17, 15) is 4.39 Å². The molecule has 23 heavy (non-hydrogen) atoms. The topological polar surface area (TPSA) is 43.6 Å². The van der Waals surface area contributed by atoms with Crippen LogP contribution in [0.4, 0.5) is 15.8 Å². The van der Waals surface area contributed by atoms with Crippen LogP contribution in [0.25, 0.3) is 17.5 Å². The number of nitrogens with zero attached hydrogens (tertiary/aromatic N) is 5. The lowest BCUT2D eigenvalue weighted by atomic mass is 10.1. The van der Waals surface area contributed by atoms with Crippen LogP contribution >= 0.6 is 0 Å². The fourth-order valence-electron chi connectivity index (χ4n) is 3.01. The molecule has 2 aromatic carbocycles. The Bertz CT molecular complexity index is 913. The molecule has 0 saturated carbocycles. The van der Waals surface area contributed by atoms with Crippen LogP contribution < -0.4 is 4.48 Å². The summed E-state index contributed by atoms with van der Waals surface area (Å²) in [5.74, 6) is 0.498. The van der Waals surface area contributed by atoms with Crippen molar-refractivity contribution in [2.45, 2.75) is 0 Å². The SMILES string of the molecule is Cn1nnnc1-c1ccc2c(c1)C=C[N+]2(C)c1ccc(F)cc1. The van der Waals surface area contributed by atoms with E-state index in [1.807, 2.05) is 25.2 Å². The number of tetrazole rings is 1. The van der Waals surface area contributed by atoms with Gasteiger partial charge in [-0.3, -0.25) is 0 Å². The van der Waals surface area contributed by atoms with Crippen molar-refractivity contribution in [2.24, 2.45) is 7.05 Å². The molecule has 1 aromatic heterocycles. The van der Waals surface area contributed by atoms with Gasteiger partial charge < -0.3 is 0 Å². The number of benzene rings is 2. The molecule has 6 heteroatoms. The van der Waals surface area contributed by atoms with E-state index in [2.05, 4.69) is 47.0 Å². The van der Waals surface area contributed by atoms with Gasteiger partial charge in [-0.25, -0.2) is 13.6 Å². The molecule has 0 aliphatic carbocycles. The first kappa shape index (κ1) is 13.8. The van der Waals surface area contributed by atoms with Crippen LogP contribution in [0.3, 0.4) is 0 Å². The lowest BCUT2D eigenvalue weighted by Crippen LogP contribution is -2.31. The Morgan fingerprint density at radius 1 is 1.09 bits per heavy atom. The highest BCUT2D eigenvalue weighted by molar-refractivity contribution is 5.81. The third-order valence-electron chi connectivity index (χ3n) is 4.32. The molecule has 1 aliphatic rings. The number of fused-ring (bicyclic) bond motifs is 1. The van der Waals surface area contributed by atoms with Crippen molar-refractivity contribution in [3.8, 4) is 11.4 Å². The third-order valence-corrected chi connectivity index (χ3v) is 4.32. The van der Waals surface area contributed by atoms with E-state index in [1.54, 1.807) is 4.68 Å². The summed E-state index contributed by atoms with van der Waals surface area (Å²) in [6, 6.07) is 12.8. The summed E-state index contributed by atoms with van der Waals surface area (Å²) < 4.78 is 15.4. The molecule has 0 saturated heterocycles. The smallest absolute Gasteiger partial charge is 0.181 e. The lowest BCUT2D eigenvalue weighted by molar-refractivity contribution is 0.609. The van der Waals surface area contributed by atoms with Crippen molar-refractivity contribution in [2.75, 3.05) is 7.05 Å². The van der Waals surface area contributed by atoms with Gasteiger partial charge in [0.25, 0.3) is 0 Å². The predicted octanol–water partition coefficient (Wildman–Crippen LogP) is 3.27. The maximum Gasteiger partial charge on any atom is 0.181 e. The van der Waals surface area contributed by atoms with Gasteiger partial charge in [-0.2, -0.15) is 0 Å². The van der Waals surface area contributed by atoms with Crippen LogP contribution in [0.5, 0.6) is 0 Å². The molecule has 5 nitrogen and oxygen atoms in total. The first-order valence-corrected chi connectivity index (χ1v) is 7.27. The van der Waals surface area contributed by atoms with Crippen molar-refractivity contribution >= 4 is 17.5 Å². The second-order valence-corrected chi connectivity index (χ2v) is 5.77. The average Bonchev–Trinajstić information content (AvgIpc) is 3.12. The number of hydrogen-bond donors (Lipinski definition) is 0. The molecule has 0 spiro atoms. The fourth-order valence-corrected chi connectivity index (χ4v) is 3.01. The summed E-state index contributed by atoms with van der Waals surface area (Å²) in [5, 5.41) is 11.6. The first-order chi connectivity index (χ1) is 11.1. The van der Waals surface area contributed by atoms with Crippen LogP contribution in [0, 0.1) is 5.82 Å². The van der Waals surface area contributed by atoms with Gasteiger partial charge in [-0.05, 0) is 34.7 Å². The first-order valence-electron chi connectivity index (χ1n) is 7.27. The number of rotatable bonds is 2. The number of hydrogen-bond acceptors (Lipinski definition) is 3. The van der Waals surface area contributed by atoms with Gasteiger partial charge in [0.05, 0.1) is 7.05 Å². The van der Waals surface area contributed by atoms with Gasteiger partial charge in [0.1, 0.15) is 23.4 Å². The van der Waals surface area contributed by atoms with Gasteiger partial charge >= 0.3 is 0 Å². The zero-order valence-electron chi connectivity index (χ0n) is 12.8. The molecule has 3 aromatic rings. The molecule has 1 unspecified atom stereocenters. The minimum absolute atomic E-state index is 0.228. The molecule has 1 atom stereocenters. The molecule has 0 amide bonds. The minimum atomic E-state index is -0.228. The van der Waals surface area contributed by atoms with Crippen LogP contribution in [-0.4, -0.2) is 27.3 Å². The van der Waals surface area contributed by atoms with Crippen LogP contribution in [0.15, 0.2) is 48.7 Å². The Hall–Kier alpha value is -2.86. The van der Waals surface area contributed by atoms with E-state index < -0.39 is 0 Å². The quantitative estimate of drug-likeness (QED) is 0.682. The van der Waals surface area contributed by atoms with Gasteiger partial charge in [0.2, 0.25) is 0 Å². The van der Waals surface area contributed by atoms with Crippen LogP contribution in [0.2, 0.25) is 0 Å². The Morgan fingerprint density at radius 2 is 1.87 bits per heavy atom. The molecule has 1 aliphatic heterocycles. The molecule has 4 rings (SSSR count). The lowest BCUT2D eigenvalue weighted by Gasteiger charge is -2.27. The molecule has 0 N–H and O–H groups in total. The Morgan fingerprint density at radius 3 is 2.57 bits per heavy atom. The van der Waals surface area contributed by atoms with E-state index in [0.29, 0.717) is 4.48 Å². The number of quaternary nitrogens is 1. The van der Waals surface area contributed by atoms with E-state index in [-0.39, 0.29) is 5.82 Å². The van der Waals surface area contributed by atoms with Gasteiger partial charge in [0, 0.05) is 42.4 Å². The second kappa shape index (κ2) is 4.82. The monoisotopic (exact) mass is 308 g/mol. The van der Waals surface area contributed by atoms with E-state index in [0.717, 1.165) is 28.3 Å². The highest BCUT2D eigenvalue weighted by Crippen LogP contribution is 2.42. The summed E-state index contributed by atoms with van der Waals surface area (Å²) in [5.41, 5.74) is 4.22. The van der Waals surface area contributed by atoms with Crippen molar-refractivity contribution in [1.29, 1.82) is 0 Å². The standard InChI is InChI=1S/C17H15FN5/c1-22-17(19-20-21-22)13-3-8-16-12(11-13)9-10-23(16,2)15-6-4-14(18)5-7-15/h3-11H,1-2H3/q+1. The van der Waals surface area contributed by atoms with Gasteiger partial charge in [-0.1, -0.05) is 0 Å². The zero-order valence-corrected chi connectivity index (χ0v) is 12.8. The maximum atomic E-state index is 13.2. The average molecular weight is 308 g/mol. The van der Waals surface area contributed by atoms with Crippen LogP contribution in [0.1, 0.15) is 5.56 Å². The van der Waals surface area contributed by atoms with Crippen molar-refractivity contribution in [3.05, 3.63) is 60.0 Å². The molecular formula is C17H15FN5+. The molecular weight excluding hydrogens is 293 g/mol. The Labute approximate surface area is 132 Å². The van der Waals surface area contributed by atoms with Gasteiger partial charge in [-0.15, -0.1) is 5.10 Å². The molecule has 0 bridgehead atoms. The fraction of sp³-hybridized carbons (Fsp3) is 0.118. The Balaban J connectivity index is 1.80. The van der Waals surface area contributed by atoms with E-state index >= 15 is 0 Å². The highest BCUT2D eigenvalue weighted by atomic mass is 19.1.